The summed E-state index contributed by atoms with van der Waals surface area (Å²) in [6, 6.07) is 7.26. The van der Waals surface area contributed by atoms with E-state index in [1.54, 1.807) is 18.3 Å². The Balaban J connectivity index is 2.27. The molecule has 86 valence electrons. The van der Waals surface area contributed by atoms with Crippen molar-refractivity contribution in [1.29, 1.82) is 0 Å². The van der Waals surface area contributed by atoms with E-state index in [9.17, 15) is 4.79 Å². The van der Waals surface area contributed by atoms with E-state index >= 15 is 0 Å². The normalized spacial score (nSPS) is 10.9. The smallest absolute Gasteiger partial charge is 0.328 e. The van der Waals surface area contributed by atoms with E-state index in [1.165, 1.54) is 6.08 Å². The number of aliphatic carboxylic acids is 1. The minimum atomic E-state index is -0.996. The monoisotopic (exact) mass is 248 g/mol. The number of carboxylic acid groups (broad SMARTS) is 1. The van der Waals surface area contributed by atoms with Gasteiger partial charge in [0.25, 0.3) is 0 Å². The number of halogens is 1. The van der Waals surface area contributed by atoms with E-state index in [1.807, 2.05) is 12.1 Å². The molecule has 0 atom stereocenters. The molecular weight excluding hydrogens is 240 g/mol. The third-order valence-electron chi connectivity index (χ3n) is 2.10. The highest BCUT2D eigenvalue weighted by Gasteiger charge is 2.02. The van der Waals surface area contributed by atoms with Crippen LogP contribution in [0.4, 0.5) is 0 Å². The number of carboxylic acids is 1. The molecule has 0 aliphatic carbocycles. The van der Waals surface area contributed by atoms with E-state index in [0.29, 0.717) is 16.5 Å². The lowest BCUT2D eigenvalue weighted by Crippen LogP contribution is -1.85. The highest BCUT2D eigenvalue weighted by Crippen LogP contribution is 2.20. The Morgan fingerprint density at radius 1 is 1.47 bits per heavy atom. The SMILES string of the molecule is O=C(O)/C=C/c1cnc(-c2cccc(Cl)c2)[nH]1. The zero-order valence-electron chi connectivity index (χ0n) is 8.72. The molecule has 1 aromatic heterocycles. The van der Waals surface area contributed by atoms with Crippen LogP contribution in [-0.4, -0.2) is 21.0 Å². The van der Waals surface area contributed by atoms with Crippen LogP contribution in [0.2, 0.25) is 5.02 Å². The van der Waals surface area contributed by atoms with Crippen LogP contribution in [0.1, 0.15) is 5.69 Å². The highest BCUT2D eigenvalue weighted by atomic mass is 35.5. The van der Waals surface area contributed by atoms with Crippen molar-refractivity contribution in [2.45, 2.75) is 0 Å². The first-order valence-corrected chi connectivity index (χ1v) is 5.25. The van der Waals surface area contributed by atoms with Gasteiger partial charge < -0.3 is 10.1 Å². The fraction of sp³-hybridized carbons (Fsp3) is 0. The number of hydrogen-bond donors (Lipinski definition) is 2. The number of imidazole rings is 1. The van der Waals surface area contributed by atoms with Gasteiger partial charge >= 0.3 is 5.97 Å². The first-order chi connectivity index (χ1) is 8.15. The van der Waals surface area contributed by atoms with Gasteiger partial charge in [-0.05, 0) is 18.2 Å². The summed E-state index contributed by atoms with van der Waals surface area (Å²) in [6.45, 7) is 0. The van der Waals surface area contributed by atoms with E-state index in [0.717, 1.165) is 11.6 Å². The standard InChI is InChI=1S/C12H9ClN2O2/c13-9-3-1-2-8(6-9)12-14-7-10(15-12)4-5-11(16)17/h1-7H,(H,14,15)(H,16,17)/b5-4+. The Hall–Kier alpha value is -2.07. The first kappa shape index (κ1) is 11.4. The van der Waals surface area contributed by atoms with Crippen LogP contribution >= 0.6 is 11.6 Å². The summed E-state index contributed by atoms with van der Waals surface area (Å²) < 4.78 is 0. The Labute approximate surface area is 103 Å². The second-order valence-corrected chi connectivity index (χ2v) is 3.81. The zero-order chi connectivity index (χ0) is 12.3. The Kier molecular flexibility index (Phi) is 3.25. The molecule has 5 heteroatoms. The minimum absolute atomic E-state index is 0.626. The summed E-state index contributed by atoms with van der Waals surface area (Å²) in [5.74, 6) is -0.346. The summed E-state index contributed by atoms with van der Waals surface area (Å²) in [6.07, 6.45) is 4.06. The molecule has 0 bridgehead atoms. The van der Waals surface area contributed by atoms with Gasteiger partial charge in [-0.15, -0.1) is 0 Å². The molecule has 0 saturated heterocycles. The summed E-state index contributed by atoms with van der Waals surface area (Å²) >= 11 is 5.87. The van der Waals surface area contributed by atoms with Crippen LogP contribution < -0.4 is 0 Å². The molecule has 0 radical (unpaired) electrons. The molecule has 0 saturated carbocycles. The van der Waals surface area contributed by atoms with Crippen LogP contribution in [0, 0.1) is 0 Å². The van der Waals surface area contributed by atoms with Crippen molar-refractivity contribution < 1.29 is 9.90 Å². The molecule has 2 aromatic rings. The second-order valence-electron chi connectivity index (χ2n) is 3.37. The molecule has 17 heavy (non-hydrogen) atoms. The van der Waals surface area contributed by atoms with Crippen molar-refractivity contribution in [3.05, 3.63) is 47.3 Å². The third-order valence-corrected chi connectivity index (χ3v) is 2.33. The van der Waals surface area contributed by atoms with Crippen molar-refractivity contribution in [2.24, 2.45) is 0 Å². The van der Waals surface area contributed by atoms with Crippen LogP contribution in [0.25, 0.3) is 17.5 Å². The van der Waals surface area contributed by atoms with Crippen molar-refractivity contribution in [1.82, 2.24) is 9.97 Å². The fourth-order valence-electron chi connectivity index (χ4n) is 1.36. The van der Waals surface area contributed by atoms with Gasteiger partial charge in [-0.3, -0.25) is 0 Å². The lowest BCUT2D eigenvalue weighted by Gasteiger charge is -1.96. The number of nitrogens with one attached hydrogen (secondary N) is 1. The van der Waals surface area contributed by atoms with E-state index in [4.69, 9.17) is 16.7 Å². The van der Waals surface area contributed by atoms with Gasteiger partial charge in [0.2, 0.25) is 0 Å². The Bertz CT molecular complexity index is 575. The molecule has 0 spiro atoms. The maximum absolute atomic E-state index is 10.4. The number of hydrogen-bond acceptors (Lipinski definition) is 2. The summed E-state index contributed by atoms with van der Waals surface area (Å²) in [4.78, 5) is 17.5. The summed E-state index contributed by atoms with van der Waals surface area (Å²) in [5, 5.41) is 9.12. The molecule has 0 fully saturated rings. The van der Waals surface area contributed by atoms with Crippen molar-refractivity contribution >= 4 is 23.6 Å². The lowest BCUT2D eigenvalue weighted by molar-refractivity contribution is -0.131. The molecule has 2 rings (SSSR count). The number of aromatic amines is 1. The minimum Gasteiger partial charge on any atom is -0.478 e. The second kappa shape index (κ2) is 4.84. The molecule has 1 aromatic carbocycles. The van der Waals surface area contributed by atoms with Gasteiger partial charge in [0.1, 0.15) is 5.82 Å². The van der Waals surface area contributed by atoms with E-state index in [-0.39, 0.29) is 0 Å². The first-order valence-electron chi connectivity index (χ1n) is 4.87. The van der Waals surface area contributed by atoms with E-state index in [2.05, 4.69) is 9.97 Å². The van der Waals surface area contributed by atoms with Crippen LogP contribution in [0.5, 0.6) is 0 Å². The number of nitrogens with zero attached hydrogens (tertiary/aromatic N) is 1. The number of rotatable bonds is 3. The number of aromatic nitrogens is 2. The van der Waals surface area contributed by atoms with Gasteiger partial charge in [-0.1, -0.05) is 23.7 Å². The average molecular weight is 249 g/mol. The Morgan fingerprint density at radius 3 is 3.00 bits per heavy atom. The molecule has 0 unspecified atom stereocenters. The maximum Gasteiger partial charge on any atom is 0.328 e. The van der Waals surface area contributed by atoms with Crippen LogP contribution in [-0.2, 0) is 4.79 Å². The van der Waals surface area contributed by atoms with Gasteiger partial charge in [0.15, 0.2) is 0 Å². The zero-order valence-corrected chi connectivity index (χ0v) is 9.48. The quantitative estimate of drug-likeness (QED) is 0.821. The molecule has 2 N–H and O–H groups in total. The summed E-state index contributed by atoms with van der Waals surface area (Å²) in [5.41, 5.74) is 1.48. The highest BCUT2D eigenvalue weighted by molar-refractivity contribution is 6.30. The number of benzene rings is 1. The van der Waals surface area contributed by atoms with Gasteiger partial charge in [-0.2, -0.15) is 0 Å². The summed E-state index contributed by atoms with van der Waals surface area (Å²) in [7, 11) is 0. The largest absolute Gasteiger partial charge is 0.478 e. The topological polar surface area (TPSA) is 66.0 Å². The van der Waals surface area contributed by atoms with E-state index < -0.39 is 5.97 Å². The van der Waals surface area contributed by atoms with Crippen LogP contribution in [0.3, 0.4) is 0 Å². The van der Waals surface area contributed by atoms with Gasteiger partial charge in [0.05, 0.1) is 11.9 Å². The van der Waals surface area contributed by atoms with Crippen molar-refractivity contribution in [2.75, 3.05) is 0 Å². The predicted molar refractivity (Wildman–Crippen MR) is 65.7 cm³/mol. The predicted octanol–water partition coefficient (Wildman–Crippen LogP) is 2.83. The maximum atomic E-state index is 10.4. The molecule has 0 aliphatic heterocycles. The molecule has 1 heterocycles. The average Bonchev–Trinajstić information content (AvgIpc) is 2.75. The Morgan fingerprint density at radius 2 is 2.29 bits per heavy atom. The molecule has 0 amide bonds. The third kappa shape index (κ3) is 2.95. The van der Waals surface area contributed by atoms with Crippen molar-refractivity contribution in [3.63, 3.8) is 0 Å². The van der Waals surface area contributed by atoms with Crippen LogP contribution in [0.15, 0.2) is 36.5 Å². The lowest BCUT2D eigenvalue weighted by atomic mass is 10.2. The molecule has 0 aliphatic rings. The number of carbonyl (C=O) groups is 1. The van der Waals surface area contributed by atoms with Gasteiger partial charge in [0, 0.05) is 16.7 Å². The van der Waals surface area contributed by atoms with Crippen molar-refractivity contribution in [3.8, 4) is 11.4 Å². The van der Waals surface area contributed by atoms with Gasteiger partial charge in [-0.25, -0.2) is 9.78 Å². The fourth-order valence-corrected chi connectivity index (χ4v) is 1.55. The molecular formula is C12H9ClN2O2. The number of H-pyrrole nitrogens is 1. The molecule has 4 nitrogen and oxygen atoms in total.